The van der Waals surface area contributed by atoms with Crippen LogP contribution >= 0.6 is 0 Å². The third kappa shape index (κ3) is 4.44. The SMILES string of the molecule is CCNC(CCO)CS(=O)c1ccc(F)cc1F. The lowest BCUT2D eigenvalue weighted by atomic mass is 10.2. The van der Waals surface area contributed by atoms with Gasteiger partial charge < -0.3 is 10.4 Å². The summed E-state index contributed by atoms with van der Waals surface area (Å²) >= 11 is 0. The van der Waals surface area contributed by atoms with E-state index in [-0.39, 0.29) is 23.3 Å². The fourth-order valence-electron chi connectivity index (χ4n) is 1.62. The molecule has 0 heterocycles. The van der Waals surface area contributed by atoms with Crippen molar-refractivity contribution in [1.29, 1.82) is 0 Å². The second-order valence-electron chi connectivity index (χ2n) is 3.85. The Balaban J connectivity index is 2.73. The van der Waals surface area contributed by atoms with E-state index in [4.69, 9.17) is 5.11 Å². The lowest BCUT2D eigenvalue weighted by Gasteiger charge is -2.16. The van der Waals surface area contributed by atoms with E-state index in [2.05, 4.69) is 5.32 Å². The largest absolute Gasteiger partial charge is 0.396 e. The Morgan fingerprint density at radius 1 is 1.44 bits per heavy atom. The molecule has 102 valence electrons. The second-order valence-corrected chi connectivity index (χ2v) is 5.32. The smallest absolute Gasteiger partial charge is 0.142 e. The minimum atomic E-state index is -1.55. The van der Waals surface area contributed by atoms with Crippen molar-refractivity contribution in [2.75, 3.05) is 18.9 Å². The first-order chi connectivity index (χ1) is 8.58. The maximum absolute atomic E-state index is 13.4. The Hall–Kier alpha value is -0.850. The average Bonchev–Trinajstić information content (AvgIpc) is 2.29. The summed E-state index contributed by atoms with van der Waals surface area (Å²) in [6.45, 7) is 2.54. The highest BCUT2D eigenvalue weighted by atomic mass is 32.2. The molecule has 0 bridgehead atoms. The zero-order valence-electron chi connectivity index (χ0n) is 10.2. The molecule has 1 aromatic rings. The van der Waals surface area contributed by atoms with Crippen LogP contribution in [-0.2, 0) is 10.8 Å². The fourth-order valence-corrected chi connectivity index (χ4v) is 2.95. The topological polar surface area (TPSA) is 49.3 Å². The van der Waals surface area contributed by atoms with E-state index < -0.39 is 22.4 Å². The number of nitrogens with one attached hydrogen (secondary N) is 1. The van der Waals surface area contributed by atoms with Crippen LogP contribution in [0.5, 0.6) is 0 Å². The molecular formula is C12H17F2NO2S. The summed E-state index contributed by atoms with van der Waals surface area (Å²) < 4.78 is 38.1. The molecule has 0 aliphatic rings. The van der Waals surface area contributed by atoms with Gasteiger partial charge in [-0.3, -0.25) is 4.21 Å². The maximum atomic E-state index is 13.4. The summed E-state index contributed by atoms with van der Waals surface area (Å²) in [5.74, 6) is -1.30. The fraction of sp³-hybridized carbons (Fsp3) is 0.500. The summed E-state index contributed by atoms with van der Waals surface area (Å²) in [7, 11) is -1.55. The third-order valence-electron chi connectivity index (χ3n) is 2.46. The lowest BCUT2D eigenvalue weighted by molar-refractivity contribution is 0.270. The zero-order chi connectivity index (χ0) is 13.5. The van der Waals surface area contributed by atoms with Gasteiger partial charge in [0, 0.05) is 24.5 Å². The highest BCUT2D eigenvalue weighted by Gasteiger charge is 2.16. The lowest BCUT2D eigenvalue weighted by Crippen LogP contribution is -2.34. The van der Waals surface area contributed by atoms with Gasteiger partial charge in [-0.25, -0.2) is 8.78 Å². The molecule has 0 aliphatic heterocycles. The van der Waals surface area contributed by atoms with Crippen LogP contribution in [0.25, 0.3) is 0 Å². The van der Waals surface area contributed by atoms with Gasteiger partial charge in [0.2, 0.25) is 0 Å². The number of halogens is 2. The van der Waals surface area contributed by atoms with Gasteiger partial charge in [-0.1, -0.05) is 6.92 Å². The average molecular weight is 277 g/mol. The zero-order valence-corrected chi connectivity index (χ0v) is 11.0. The van der Waals surface area contributed by atoms with Crippen LogP contribution in [0.1, 0.15) is 13.3 Å². The molecule has 0 radical (unpaired) electrons. The molecule has 0 spiro atoms. The molecule has 0 saturated carbocycles. The number of hydrogen-bond donors (Lipinski definition) is 2. The van der Waals surface area contributed by atoms with Crippen LogP contribution in [0, 0.1) is 11.6 Å². The summed E-state index contributed by atoms with van der Waals surface area (Å²) in [5.41, 5.74) is 0. The van der Waals surface area contributed by atoms with Crippen LogP contribution in [-0.4, -0.2) is 34.3 Å². The maximum Gasteiger partial charge on any atom is 0.142 e. The monoisotopic (exact) mass is 277 g/mol. The first kappa shape index (κ1) is 15.2. The van der Waals surface area contributed by atoms with Gasteiger partial charge in [-0.2, -0.15) is 0 Å². The normalized spacial score (nSPS) is 14.4. The molecule has 0 saturated heterocycles. The molecule has 6 heteroatoms. The van der Waals surface area contributed by atoms with Crippen molar-refractivity contribution in [3.8, 4) is 0 Å². The van der Waals surface area contributed by atoms with Gasteiger partial charge in [-0.05, 0) is 25.1 Å². The second kappa shape index (κ2) is 7.56. The molecule has 1 rings (SSSR count). The van der Waals surface area contributed by atoms with E-state index in [0.717, 1.165) is 12.1 Å². The van der Waals surface area contributed by atoms with Gasteiger partial charge >= 0.3 is 0 Å². The first-order valence-corrected chi connectivity index (χ1v) is 7.08. The van der Waals surface area contributed by atoms with Crippen molar-refractivity contribution in [3.05, 3.63) is 29.8 Å². The molecule has 2 unspecified atom stereocenters. The molecule has 0 amide bonds. The molecule has 0 aromatic heterocycles. The molecule has 0 aliphatic carbocycles. The van der Waals surface area contributed by atoms with E-state index in [0.29, 0.717) is 13.0 Å². The summed E-state index contributed by atoms with van der Waals surface area (Å²) in [6.07, 6.45) is 0.447. The Labute approximate surface area is 108 Å². The number of hydrogen-bond acceptors (Lipinski definition) is 3. The summed E-state index contributed by atoms with van der Waals surface area (Å²) in [5, 5.41) is 11.9. The molecule has 18 heavy (non-hydrogen) atoms. The van der Waals surface area contributed by atoms with E-state index >= 15 is 0 Å². The van der Waals surface area contributed by atoms with Crippen molar-refractivity contribution < 1.29 is 18.1 Å². The Morgan fingerprint density at radius 2 is 2.17 bits per heavy atom. The minimum Gasteiger partial charge on any atom is -0.396 e. The molecule has 0 fully saturated rings. The van der Waals surface area contributed by atoms with Crippen LogP contribution < -0.4 is 5.32 Å². The molecule has 2 atom stereocenters. The van der Waals surface area contributed by atoms with Crippen molar-refractivity contribution in [2.24, 2.45) is 0 Å². The van der Waals surface area contributed by atoms with E-state index in [9.17, 15) is 13.0 Å². The summed E-state index contributed by atoms with van der Waals surface area (Å²) in [4.78, 5) is -0.00255. The van der Waals surface area contributed by atoms with Crippen molar-refractivity contribution in [3.63, 3.8) is 0 Å². The van der Waals surface area contributed by atoms with Crippen molar-refractivity contribution in [1.82, 2.24) is 5.32 Å². The van der Waals surface area contributed by atoms with Crippen LogP contribution in [0.15, 0.2) is 23.1 Å². The van der Waals surface area contributed by atoms with Gasteiger partial charge in [0.25, 0.3) is 0 Å². The number of benzene rings is 1. The predicted octanol–water partition coefficient (Wildman–Crippen LogP) is 1.43. The Morgan fingerprint density at radius 3 is 2.72 bits per heavy atom. The van der Waals surface area contributed by atoms with Gasteiger partial charge in [0.1, 0.15) is 11.6 Å². The molecule has 1 aromatic carbocycles. The van der Waals surface area contributed by atoms with E-state index in [1.807, 2.05) is 6.92 Å². The van der Waals surface area contributed by atoms with Crippen LogP contribution in [0.3, 0.4) is 0 Å². The Bertz CT molecular complexity index is 409. The predicted molar refractivity (Wildman–Crippen MR) is 66.8 cm³/mol. The van der Waals surface area contributed by atoms with E-state index in [1.165, 1.54) is 6.07 Å². The summed E-state index contributed by atoms with van der Waals surface area (Å²) in [6, 6.07) is 2.86. The van der Waals surface area contributed by atoms with Gasteiger partial charge in [0.15, 0.2) is 0 Å². The molecule has 3 nitrogen and oxygen atoms in total. The van der Waals surface area contributed by atoms with Gasteiger partial charge in [-0.15, -0.1) is 0 Å². The highest BCUT2D eigenvalue weighted by molar-refractivity contribution is 7.85. The number of rotatable bonds is 7. The Kier molecular flexibility index (Phi) is 6.38. The highest BCUT2D eigenvalue weighted by Crippen LogP contribution is 2.15. The van der Waals surface area contributed by atoms with Gasteiger partial charge in [0.05, 0.1) is 15.7 Å². The molecule has 2 N–H and O–H groups in total. The first-order valence-electron chi connectivity index (χ1n) is 5.76. The van der Waals surface area contributed by atoms with Crippen molar-refractivity contribution in [2.45, 2.75) is 24.3 Å². The molecular weight excluding hydrogens is 260 g/mol. The minimum absolute atomic E-state index is 0.00255. The third-order valence-corrected chi connectivity index (χ3v) is 3.99. The number of aliphatic hydroxyl groups excluding tert-OH is 1. The standard InChI is InChI=1S/C12H17F2NO2S/c1-2-15-10(5-6-16)8-18(17)12-4-3-9(13)7-11(12)14/h3-4,7,10,15-16H,2,5-6,8H2,1H3. The number of aliphatic hydroxyl groups is 1. The van der Waals surface area contributed by atoms with Crippen LogP contribution in [0.2, 0.25) is 0 Å². The van der Waals surface area contributed by atoms with Crippen LogP contribution in [0.4, 0.5) is 8.78 Å². The van der Waals surface area contributed by atoms with Crippen molar-refractivity contribution >= 4 is 10.8 Å². The van der Waals surface area contributed by atoms with E-state index in [1.54, 1.807) is 0 Å². The quantitative estimate of drug-likeness (QED) is 0.793.